The third-order valence-electron chi connectivity index (χ3n) is 2.38. The molecule has 0 bridgehead atoms. The van der Waals surface area contributed by atoms with E-state index >= 15 is 0 Å². The Hall–Kier alpha value is -2.68. The maximum absolute atomic E-state index is 12.0. The van der Waals surface area contributed by atoms with E-state index in [0.29, 0.717) is 0 Å². The number of non-ortho nitro benzene ring substituents is 1. The van der Waals surface area contributed by atoms with Gasteiger partial charge in [0.15, 0.2) is 0 Å². The highest BCUT2D eigenvalue weighted by Gasteiger charge is 2.16. The average molecular weight is 294 g/mol. The normalized spacial score (nSPS) is 11.0. The van der Waals surface area contributed by atoms with Crippen LogP contribution in [0.25, 0.3) is 0 Å². The topological polar surface area (TPSA) is 128 Å². The number of nitrogen functional groups attached to an aromatic ring is 1. The minimum Gasteiger partial charge on any atom is -0.384 e. The van der Waals surface area contributed by atoms with Gasteiger partial charge in [-0.05, 0) is 18.2 Å². The molecule has 0 unspecified atom stereocenters. The lowest BCUT2D eigenvalue weighted by Crippen LogP contribution is -2.13. The Bertz CT molecular complexity index is 743. The fraction of sp³-hybridized carbons (Fsp3) is 0. The van der Waals surface area contributed by atoms with Crippen molar-refractivity contribution in [1.29, 1.82) is 0 Å². The molecule has 0 spiro atoms. The van der Waals surface area contributed by atoms with Crippen LogP contribution in [0.4, 0.5) is 17.2 Å². The first-order chi connectivity index (χ1) is 9.38. The third kappa shape index (κ3) is 3.01. The Morgan fingerprint density at radius 3 is 2.60 bits per heavy atom. The van der Waals surface area contributed by atoms with Gasteiger partial charge in [-0.3, -0.25) is 14.8 Å². The summed E-state index contributed by atoms with van der Waals surface area (Å²) in [7, 11) is -3.86. The lowest BCUT2D eigenvalue weighted by Gasteiger charge is -2.07. The van der Waals surface area contributed by atoms with Crippen molar-refractivity contribution in [2.75, 3.05) is 10.5 Å². The van der Waals surface area contributed by atoms with E-state index in [4.69, 9.17) is 5.73 Å². The van der Waals surface area contributed by atoms with Crippen molar-refractivity contribution in [1.82, 2.24) is 4.98 Å². The van der Waals surface area contributed by atoms with Crippen molar-refractivity contribution in [2.24, 2.45) is 0 Å². The summed E-state index contributed by atoms with van der Waals surface area (Å²) < 4.78 is 26.3. The highest BCUT2D eigenvalue weighted by Crippen LogP contribution is 2.20. The molecule has 0 amide bonds. The first-order valence-electron chi connectivity index (χ1n) is 5.37. The average Bonchev–Trinajstić information content (AvgIpc) is 2.39. The number of hydrogen-bond acceptors (Lipinski definition) is 6. The standard InChI is InChI=1S/C11H10N4O4S/c12-11-5-4-10(7-13-11)20(18,19)14-8-2-1-3-9(6-8)15(16)17/h1-7,14H,(H2,12,13). The zero-order chi connectivity index (χ0) is 14.8. The molecule has 9 heteroatoms. The van der Waals surface area contributed by atoms with Gasteiger partial charge in [0.1, 0.15) is 10.7 Å². The van der Waals surface area contributed by atoms with E-state index in [-0.39, 0.29) is 22.1 Å². The first kappa shape index (κ1) is 13.7. The number of nitro benzene ring substituents is 1. The van der Waals surface area contributed by atoms with E-state index in [0.717, 1.165) is 12.3 Å². The molecule has 0 atom stereocenters. The van der Waals surface area contributed by atoms with Crippen LogP contribution in [0, 0.1) is 10.1 Å². The molecular weight excluding hydrogens is 284 g/mol. The molecule has 2 rings (SSSR count). The number of nitrogens with zero attached hydrogens (tertiary/aromatic N) is 2. The van der Waals surface area contributed by atoms with Crippen molar-refractivity contribution in [3.63, 3.8) is 0 Å². The highest BCUT2D eigenvalue weighted by molar-refractivity contribution is 7.92. The zero-order valence-corrected chi connectivity index (χ0v) is 10.9. The summed E-state index contributed by atoms with van der Waals surface area (Å²) in [6.45, 7) is 0. The summed E-state index contributed by atoms with van der Waals surface area (Å²) in [5.74, 6) is 0.194. The van der Waals surface area contributed by atoms with Gasteiger partial charge in [-0.1, -0.05) is 6.07 Å². The predicted octanol–water partition coefficient (Wildman–Crippen LogP) is 1.37. The summed E-state index contributed by atoms with van der Waals surface area (Å²) >= 11 is 0. The lowest BCUT2D eigenvalue weighted by molar-refractivity contribution is -0.384. The number of nitro groups is 1. The van der Waals surface area contributed by atoms with E-state index in [1.807, 2.05) is 0 Å². The molecule has 1 aromatic carbocycles. The molecule has 0 radical (unpaired) electrons. The van der Waals surface area contributed by atoms with E-state index in [9.17, 15) is 18.5 Å². The number of nitrogens with two attached hydrogens (primary N) is 1. The van der Waals surface area contributed by atoms with Crippen LogP contribution in [0.5, 0.6) is 0 Å². The lowest BCUT2D eigenvalue weighted by atomic mass is 10.3. The Labute approximate surface area is 114 Å². The van der Waals surface area contributed by atoms with Gasteiger partial charge in [0.05, 0.1) is 10.6 Å². The minimum absolute atomic E-state index is 0.0850. The number of hydrogen-bond donors (Lipinski definition) is 2. The highest BCUT2D eigenvalue weighted by atomic mass is 32.2. The van der Waals surface area contributed by atoms with Gasteiger partial charge in [0.2, 0.25) is 0 Å². The Balaban J connectivity index is 2.31. The molecule has 3 N–H and O–H groups in total. The molecule has 0 aliphatic heterocycles. The summed E-state index contributed by atoms with van der Waals surface area (Å²) in [4.78, 5) is 13.6. The minimum atomic E-state index is -3.86. The zero-order valence-electron chi connectivity index (χ0n) is 10.1. The van der Waals surface area contributed by atoms with E-state index in [1.165, 1.54) is 30.3 Å². The maximum Gasteiger partial charge on any atom is 0.271 e. The van der Waals surface area contributed by atoms with E-state index in [1.54, 1.807) is 0 Å². The number of benzene rings is 1. The Kier molecular flexibility index (Phi) is 3.53. The van der Waals surface area contributed by atoms with Crippen molar-refractivity contribution in [3.05, 3.63) is 52.7 Å². The molecule has 0 fully saturated rings. The molecule has 20 heavy (non-hydrogen) atoms. The maximum atomic E-state index is 12.0. The van der Waals surface area contributed by atoms with Crippen LogP contribution in [0.15, 0.2) is 47.5 Å². The number of anilines is 2. The molecule has 1 aromatic heterocycles. The fourth-order valence-corrected chi connectivity index (χ4v) is 2.44. The molecule has 1 heterocycles. The van der Waals surface area contributed by atoms with Crippen LogP contribution in [0.2, 0.25) is 0 Å². The number of rotatable bonds is 4. The molecule has 2 aromatic rings. The third-order valence-corrected chi connectivity index (χ3v) is 3.75. The summed E-state index contributed by atoms with van der Waals surface area (Å²) in [5.41, 5.74) is 5.26. The molecule has 0 saturated carbocycles. The number of nitrogens with one attached hydrogen (secondary N) is 1. The molecule has 0 aliphatic rings. The van der Waals surface area contributed by atoms with Gasteiger partial charge < -0.3 is 5.73 Å². The molecular formula is C11H10N4O4S. The van der Waals surface area contributed by atoms with Crippen LogP contribution in [0.3, 0.4) is 0 Å². The van der Waals surface area contributed by atoms with Crippen molar-refractivity contribution >= 4 is 27.2 Å². The second kappa shape index (κ2) is 5.13. The number of sulfonamides is 1. The van der Waals surface area contributed by atoms with Crippen molar-refractivity contribution < 1.29 is 13.3 Å². The van der Waals surface area contributed by atoms with Gasteiger partial charge in [-0.25, -0.2) is 13.4 Å². The van der Waals surface area contributed by atoms with Crippen molar-refractivity contribution in [3.8, 4) is 0 Å². The summed E-state index contributed by atoms with van der Waals surface area (Å²) in [6.07, 6.45) is 1.11. The van der Waals surface area contributed by atoms with Crippen LogP contribution in [0.1, 0.15) is 0 Å². The van der Waals surface area contributed by atoms with Crippen molar-refractivity contribution in [2.45, 2.75) is 4.90 Å². The van der Waals surface area contributed by atoms with E-state index in [2.05, 4.69) is 9.71 Å². The van der Waals surface area contributed by atoms with Gasteiger partial charge in [-0.15, -0.1) is 0 Å². The second-order valence-electron chi connectivity index (χ2n) is 3.83. The Morgan fingerprint density at radius 1 is 1.25 bits per heavy atom. The molecule has 104 valence electrons. The van der Waals surface area contributed by atoms with Crippen LogP contribution in [-0.4, -0.2) is 18.3 Å². The van der Waals surface area contributed by atoms with Crippen LogP contribution < -0.4 is 10.5 Å². The van der Waals surface area contributed by atoms with Crippen LogP contribution in [-0.2, 0) is 10.0 Å². The summed E-state index contributed by atoms with van der Waals surface area (Å²) in [5, 5.41) is 10.6. The quantitative estimate of drug-likeness (QED) is 0.647. The molecule has 0 saturated heterocycles. The number of pyridine rings is 1. The second-order valence-corrected chi connectivity index (χ2v) is 5.51. The monoisotopic (exact) mass is 294 g/mol. The van der Waals surface area contributed by atoms with Gasteiger partial charge in [0.25, 0.3) is 15.7 Å². The fourth-order valence-electron chi connectivity index (χ4n) is 1.45. The molecule has 8 nitrogen and oxygen atoms in total. The van der Waals surface area contributed by atoms with E-state index < -0.39 is 14.9 Å². The summed E-state index contributed by atoms with van der Waals surface area (Å²) in [6, 6.07) is 7.83. The van der Waals surface area contributed by atoms with Gasteiger partial charge >= 0.3 is 0 Å². The SMILES string of the molecule is Nc1ccc(S(=O)(=O)Nc2cccc([N+](=O)[O-])c2)cn1. The largest absolute Gasteiger partial charge is 0.384 e. The van der Waals surface area contributed by atoms with Gasteiger partial charge in [-0.2, -0.15) is 0 Å². The Morgan fingerprint density at radius 2 is 2.00 bits per heavy atom. The predicted molar refractivity (Wildman–Crippen MR) is 72.6 cm³/mol. The smallest absolute Gasteiger partial charge is 0.271 e. The molecule has 0 aliphatic carbocycles. The number of aromatic nitrogens is 1. The van der Waals surface area contributed by atoms with Gasteiger partial charge in [0, 0.05) is 18.3 Å². The first-order valence-corrected chi connectivity index (χ1v) is 6.85. The van der Waals surface area contributed by atoms with Crippen LogP contribution >= 0.6 is 0 Å².